The minimum absolute atomic E-state index is 0.176. The molecule has 3 aromatic rings. The van der Waals surface area contributed by atoms with Gasteiger partial charge in [0.2, 0.25) is 5.13 Å². The maximum atomic E-state index is 12.3. The lowest BCUT2D eigenvalue weighted by Crippen LogP contribution is -2.12. The largest absolute Gasteiger partial charge is 0.296 e. The zero-order chi connectivity index (χ0) is 16.9. The Balaban J connectivity index is 1.78. The van der Waals surface area contributed by atoms with Gasteiger partial charge < -0.3 is 0 Å². The van der Waals surface area contributed by atoms with Crippen LogP contribution >= 0.6 is 22.9 Å². The Morgan fingerprint density at radius 3 is 2.54 bits per heavy atom. The minimum Gasteiger partial charge on any atom is -0.296 e. The molecule has 6 heteroatoms. The van der Waals surface area contributed by atoms with Crippen LogP contribution < -0.4 is 5.32 Å². The highest BCUT2D eigenvalue weighted by molar-refractivity contribution is 7.15. The third-order valence-corrected chi connectivity index (χ3v) is 4.97. The highest BCUT2D eigenvalue weighted by Gasteiger charge is 2.18. The normalized spacial score (nSPS) is 11.9. The quantitative estimate of drug-likeness (QED) is 0.700. The van der Waals surface area contributed by atoms with Crippen molar-refractivity contribution < 1.29 is 4.79 Å². The standard InChI is InChI=1S/C18H16ClN3OS/c1-2-13(12-8-4-3-5-9-12)17-21-22-18(24-17)20-16(23)14-10-6-7-11-15(14)19/h3-11,13H,2H2,1H3,(H,20,22,23). The molecule has 0 aliphatic carbocycles. The second-order valence-electron chi connectivity index (χ2n) is 5.25. The van der Waals surface area contributed by atoms with Gasteiger partial charge in [-0.2, -0.15) is 0 Å². The van der Waals surface area contributed by atoms with Crippen LogP contribution in [0.2, 0.25) is 5.02 Å². The lowest BCUT2D eigenvalue weighted by Gasteiger charge is -2.11. The van der Waals surface area contributed by atoms with Crippen molar-refractivity contribution in [3.05, 3.63) is 75.8 Å². The van der Waals surface area contributed by atoms with Crippen LogP contribution in [0.5, 0.6) is 0 Å². The second-order valence-corrected chi connectivity index (χ2v) is 6.67. The lowest BCUT2D eigenvalue weighted by atomic mass is 9.97. The van der Waals surface area contributed by atoms with Gasteiger partial charge in [0.15, 0.2) is 0 Å². The van der Waals surface area contributed by atoms with Crippen molar-refractivity contribution in [2.24, 2.45) is 0 Å². The van der Waals surface area contributed by atoms with Gasteiger partial charge >= 0.3 is 0 Å². The fourth-order valence-electron chi connectivity index (χ4n) is 2.47. The van der Waals surface area contributed by atoms with E-state index in [9.17, 15) is 4.79 Å². The Morgan fingerprint density at radius 1 is 1.12 bits per heavy atom. The Kier molecular flexibility index (Phi) is 5.23. The van der Waals surface area contributed by atoms with Crippen LogP contribution in [0.4, 0.5) is 5.13 Å². The number of carbonyl (C=O) groups excluding carboxylic acids is 1. The molecule has 1 amide bonds. The number of halogens is 1. The van der Waals surface area contributed by atoms with Crippen LogP contribution in [-0.4, -0.2) is 16.1 Å². The fourth-order valence-corrected chi connectivity index (χ4v) is 3.65. The summed E-state index contributed by atoms with van der Waals surface area (Å²) in [6, 6.07) is 17.1. The molecule has 1 atom stereocenters. The molecule has 0 radical (unpaired) electrons. The molecule has 1 N–H and O–H groups in total. The molecular formula is C18H16ClN3OS. The molecule has 0 saturated heterocycles. The first kappa shape index (κ1) is 16.6. The van der Waals surface area contributed by atoms with Gasteiger partial charge in [-0.05, 0) is 24.1 Å². The molecule has 24 heavy (non-hydrogen) atoms. The number of nitrogens with one attached hydrogen (secondary N) is 1. The number of hydrogen-bond donors (Lipinski definition) is 1. The summed E-state index contributed by atoms with van der Waals surface area (Å²) in [7, 11) is 0. The van der Waals surface area contributed by atoms with E-state index in [2.05, 4.69) is 34.6 Å². The van der Waals surface area contributed by atoms with Gasteiger partial charge in [0.1, 0.15) is 5.01 Å². The number of amides is 1. The fraction of sp³-hybridized carbons (Fsp3) is 0.167. The van der Waals surface area contributed by atoms with Gasteiger partial charge in [-0.15, -0.1) is 10.2 Å². The maximum absolute atomic E-state index is 12.3. The summed E-state index contributed by atoms with van der Waals surface area (Å²) in [4.78, 5) is 12.3. The van der Waals surface area contributed by atoms with Crippen molar-refractivity contribution in [1.82, 2.24) is 10.2 Å². The topological polar surface area (TPSA) is 54.9 Å². The van der Waals surface area contributed by atoms with Crippen molar-refractivity contribution in [2.45, 2.75) is 19.3 Å². The third kappa shape index (κ3) is 3.63. The number of aromatic nitrogens is 2. The summed E-state index contributed by atoms with van der Waals surface area (Å²) in [5.41, 5.74) is 1.62. The van der Waals surface area contributed by atoms with E-state index in [1.54, 1.807) is 24.3 Å². The van der Waals surface area contributed by atoms with Crippen LogP contribution in [0.1, 0.15) is 40.2 Å². The molecule has 0 saturated carbocycles. The first-order valence-corrected chi connectivity index (χ1v) is 8.82. The van der Waals surface area contributed by atoms with Gasteiger partial charge in [0.05, 0.1) is 10.6 Å². The van der Waals surface area contributed by atoms with Crippen molar-refractivity contribution >= 4 is 34.0 Å². The van der Waals surface area contributed by atoms with Crippen LogP contribution in [0.15, 0.2) is 54.6 Å². The molecule has 122 valence electrons. The van der Waals surface area contributed by atoms with E-state index in [1.165, 1.54) is 16.9 Å². The highest BCUT2D eigenvalue weighted by Crippen LogP contribution is 2.31. The number of hydrogen-bond acceptors (Lipinski definition) is 4. The summed E-state index contributed by atoms with van der Waals surface area (Å²) < 4.78 is 0. The zero-order valence-corrected chi connectivity index (χ0v) is 14.6. The molecule has 1 aromatic heterocycles. The molecule has 0 fully saturated rings. The molecule has 2 aromatic carbocycles. The molecule has 0 aliphatic rings. The smallest absolute Gasteiger partial charge is 0.259 e. The number of carbonyl (C=O) groups is 1. The number of rotatable bonds is 5. The van der Waals surface area contributed by atoms with E-state index in [4.69, 9.17) is 11.6 Å². The van der Waals surface area contributed by atoms with E-state index in [-0.39, 0.29) is 11.8 Å². The number of anilines is 1. The molecule has 1 heterocycles. The zero-order valence-electron chi connectivity index (χ0n) is 13.1. The van der Waals surface area contributed by atoms with E-state index < -0.39 is 0 Å². The molecule has 1 unspecified atom stereocenters. The summed E-state index contributed by atoms with van der Waals surface area (Å²) in [6.45, 7) is 2.11. The van der Waals surface area contributed by atoms with E-state index in [1.807, 2.05) is 18.2 Å². The predicted molar refractivity (Wildman–Crippen MR) is 97.9 cm³/mol. The summed E-state index contributed by atoms with van der Waals surface area (Å²) in [5, 5.41) is 12.9. The Bertz CT molecular complexity index is 835. The first-order chi connectivity index (χ1) is 11.7. The highest BCUT2D eigenvalue weighted by atomic mass is 35.5. The van der Waals surface area contributed by atoms with Crippen LogP contribution in [0, 0.1) is 0 Å². The average molecular weight is 358 g/mol. The Labute approximate surface area is 149 Å². The van der Waals surface area contributed by atoms with E-state index in [0.29, 0.717) is 15.7 Å². The average Bonchev–Trinajstić information content (AvgIpc) is 3.05. The minimum atomic E-state index is -0.281. The van der Waals surface area contributed by atoms with Crippen molar-refractivity contribution in [1.29, 1.82) is 0 Å². The van der Waals surface area contributed by atoms with Crippen LogP contribution in [0.3, 0.4) is 0 Å². The van der Waals surface area contributed by atoms with Gasteiger partial charge in [-0.3, -0.25) is 10.1 Å². The SMILES string of the molecule is CCC(c1ccccc1)c1nnc(NC(=O)c2ccccc2Cl)s1. The second kappa shape index (κ2) is 7.55. The summed E-state index contributed by atoms with van der Waals surface area (Å²) >= 11 is 7.44. The Hall–Kier alpha value is -2.24. The molecule has 3 rings (SSSR count). The molecule has 0 bridgehead atoms. The lowest BCUT2D eigenvalue weighted by molar-refractivity contribution is 0.102. The summed E-state index contributed by atoms with van der Waals surface area (Å²) in [5.74, 6) is -0.106. The van der Waals surface area contributed by atoms with Gasteiger partial charge in [0, 0.05) is 5.92 Å². The number of nitrogens with zero attached hydrogens (tertiary/aromatic N) is 2. The van der Waals surface area contributed by atoms with E-state index in [0.717, 1.165) is 11.4 Å². The predicted octanol–water partition coefficient (Wildman–Crippen LogP) is 4.99. The van der Waals surface area contributed by atoms with Crippen molar-refractivity contribution in [2.75, 3.05) is 5.32 Å². The van der Waals surface area contributed by atoms with Crippen molar-refractivity contribution in [3.63, 3.8) is 0 Å². The molecule has 0 spiro atoms. The maximum Gasteiger partial charge on any atom is 0.259 e. The monoisotopic (exact) mass is 357 g/mol. The van der Waals surface area contributed by atoms with Crippen LogP contribution in [0.25, 0.3) is 0 Å². The van der Waals surface area contributed by atoms with Gasteiger partial charge in [-0.1, -0.05) is 72.3 Å². The summed E-state index contributed by atoms with van der Waals surface area (Å²) in [6.07, 6.45) is 0.914. The third-order valence-electron chi connectivity index (χ3n) is 3.69. The first-order valence-electron chi connectivity index (χ1n) is 7.63. The molecule has 4 nitrogen and oxygen atoms in total. The van der Waals surface area contributed by atoms with Gasteiger partial charge in [0.25, 0.3) is 5.91 Å². The van der Waals surface area contributed by atoms with Crippen molar-refractivity contribution in [3.8, 4) is 0 Å². The molecule has 0 aliphatic heterocycles. The Morgan fingerprint density at radius 2 is 1.83 bits per heavy atom. The number of benzene rings is 2. The van der Waals surface area contributed by atoms with Gasteiger partial charge in [-0.25, -0.2) is 0 Å². The van der Waals surface area contributed by atoms with Crippen LogP contribution in [-0.2, 0) is 0 Å². The molecular weight excluding hydrogens is 342 g/mol. The van der Waals surface area contributed by atoms with E-state index >= 15 is 0 Å².